The van der Waals surface area contributed by atoms with E-state index in [0.29, 0.717) is 12.1 Å². The number of carbonyl (C=O) groups excluding carboxylic acids is 1. The van der Waals surface area contributed by atoms with E-state index in [1.165, 1.54) is 0 Å². The highest BCUT2D eigenvalue weighted by molar-refractivity contribution is 5.98. The lowest BCUT2D eigenvalue weighted by Crippen LogP contribution is -2.24. The van der Waals surface area contributed by atoms with Gasteiger partial charge in [-0.1, -0.05) is 43.2 Å². The van der Waals surface area contributed by atoms with Crippen molar-refractivity contribution in [2.75, 3.05) is 13.2 Å². The lowest BCUT2D eigenvalue weighted by Gasteiger charge is -2.06. The monoisotopic (exact) mass is 271 g/mol. The quantitative estimate of drug-likeness (QED) is 0.760. The third-order valence-corrected chi connectivity index (χ3v) is 3.38. The Hall–Kier alpha value is -1.87. The summed E-state index contributed by atoms with van der Waals surface area (Å²) in [6, 6.07) is 13.8. The van der Waals surface area contributed by atoms with Crippen LogP contribution >= 0.6 is 0 Å². The number of nitrogens with one attached hydrogen (secondary N) is 1. The van der Waals surface area contributed by atoms with Gasteiger partial charge in [0, 0.05) is 18.7 Å². The molecule has 0 fully saturated rings. The predicted molar refractivity (Wildman–Crippen MR) is 81.8 cm³/mol. The Kier molecular flexibility index (Phi) is 5.56. The molecule has 106 valence electrons. The average Bonchev–Trinajstić information content (AvgIpc) is 2.50. The third kappa shape index (κ3) is 4.07. The fourth-order valence-corrected chi connectivity index (χ4v) is 2.22. The van der Waals surface area contributed by atoms with Gasteiger partial charge in [-0.2, -0.15) is 0 Å². The Morgan fingerprint density at radius 3 is 2.50 bits per heavy atom. The van der Waals surface area contributed by atoms with Gasteiger partial charge in [0.1, 0.15) is 0 Å². The third-order valence-electron chi connectivity index (χ3n) is 3.38. The van der Waals surface area contributed by atoms with Crippen LogP contribution in [0.2, 0.25) is 0 Å². The zero-order chi connectivity index (χ0) is 14.2. The number of aliphatic hydroxyl groups is 1. The Balaban J connectivity index is 1.84. The van der Waals surface area contributed by atoms with Gasteiger partial charge in [0.15, 0.2) is 0 Å². The number of hydrogen-bond donors (Lipinski definition) is 2. The van der Waals surface area contributed by atoms with Crippen molar-refractivity contribution in [2.24, 2.45) is 0 Å². The summed E-state index contributed by atoms with van der Waals surface area (Å²) in [4.78, 5) is 12.0. The molecule has 3 heteroatoms. The summed E-state index contributed by atoms with van der Waals surface area (Å²) in [5, 5.41) is 13.8. The maximum absolute atomic E-state index is 12.0. The molecule has 0 aliphatic carbocycles. The lowest BCUT2D eigenvalue weighted by atomic mass is 10.1. The Morgan fingerprint density at radius 2 is 1.70 bits per heavy atom. The van der Waals surface area contributed by atoms with Crippen molar-refractivity contribution in [2.45, 2.75) is 25.7 Å². The summed E-state index contributed by atoms with van der Waals surface area (Å²) in [5.41, 5.74) is 0.707. The van der Waals surface area contributed by atoms with Crippen LogP contribution in [-0.4, -0.2) is 24.2 Å². The number of hydrogen-bond acceptors (Lipinski definition) is 2. The molecule has 0 bridgehead atoms. The minimum absolute atomic E-state index is 0.0158. The van der Waals surface area contributed by atoms with E-state index in [4.69, 9.17) is 5.11 Å². The predicted octanol–water partition coefficient (Wildman–Crippen LogP) is 3.12. The van der Waals surface area contributed by atoms with Crippen LogP contribution in [0.15, 0.2) is 42.5 Å². The van der Waals surface area contributed by atoms with Gasteiger partial charge in [-0.3, -0.25) is 4.79 Å². The number of rotatable bonds is 7. The molecule has 0 aromatic heterocycles. The van der Waals surface area contributed by atoms with Gasteiger partial charge in [0.05, 0.1) is 0 Å². The van der Waals surface area contributed by atoms with Crippen LogP contribution in [0.25, 0.3) is 10.8 Å². The van der Waals surface area contributed by atoms with Gasteiger partial charge in [0.2, 0.25) is 0 Å². The lowest BCUT2D eigenvalue weighted by molar-refractivity contribution is 0.0953. The molecule has 0 spiro atoms. The van der Waals surface area contributed by atoms with Crippen molar-refractivity contribution in [1.29, 1.82) is 0 Å². The molecule has 2 rings (SSSR count). The number of fused-ring (bicyclic) bond motifs is 1. The van der Waals surface area contributed by atoms with E-state index in [0.717, 1.165) is 36.5 Å². The second kappa shape index (κ2) is 7.65. The first-order valence-electron chi connectivity index (χ1n) is 7.19. The first-order valence-corrected chi connectivity index (χ1v) is 7.19. The molecule has 0 aliphatic rings. The molecule has 20 heavy (non-hydrogen) atoms. The molecule has 0 aliphatic heterocycles. The van der Waals surface area contributed by atoms with Crippen LogP contribution in [0.3, 0.4) is 0 Å². The average molecular weight is 271 g/mol. The smallest absolute Gasteiger partial charge is 0.251 e. The molecular formula is C17H21NO2. The van der Waals surface area contributed by atoms with Crippen LogP contribution in [0, 0.1) is 0 Å². The maximum atomic E-state index is 12.0. The van der Waals surface area contributed by atoms with Gasteiger partial charge in [-0.15, -0.1) is 0 Å². The Labute approximate surface area is 119 Å². The maximum Gasteiger partial charge on any atom is 0.251 e. The fraction of sp³-hybridized carbons (Fsp3) is 0.353. The molecule has 0 saturated heterocycles. The number of amides is 1. The first kappa shape index (κ1) is 14.5. The second-order valence-corrected chi connectivity index (χ2v) is 4.96. The van der Waals surface area contributed by atoms with Crippen LogP contribution in [-0.2, 0) is 0 Å². The van der Waals surface area contributed by atoms with Crippen LogP contribution in [0.1, 0.15) is 36.0 Å². The van der Waals surface area contributed by atoms with Gasteiger partial charge < -0.3 is 10.4 Å². The van der Waals surface area contributed by atoms with E-state index in [-0.39, 0.29) is 12.5 Å². The summed E-state index contributed by atoms with van der Waals surface area (Å²) in [6.45, 7) is 0.945. The summed E-state index contributed by atoms with van der Waals surface area (Å²) in [5.74, 6) is -0.0158. The normalized spacial score (nSPS) is 10.7. The second-order valence-electron chi connectivity index (χ2n) is 4.96. The molecule has 3 nitrogen and oxygen atoms in total. The van der Waals surface area contributed by atoms with Crippen LogP contribution in [0.5, 0.6) is 0 Å². The summed E-state index contributed by atoms with van der Waals surface area (Å²) >= 11 is 0. The first-order chi connectivity index (χ1) is 9.81. The van der Waals surface area contributed by atoms with Gasteiger partial charge >= 0.3 is 0 Å². The van der Waals surface area contributed by atoms with E-state index in [1.54, 1.807) is 0 Å². The summed E-state index contributed by atoms with van der Waals surface area (Å²) < 4.78 is 0. The highest BCUT2D eigenvalue weighted by Crippen LogP contribution is 2.15. The fourth-order valence-electron chi connectivity index (χ4n) is 2.22. The minimum atomic E-state index is -0.0158. The molecule has 0 atom stereocenters. The number of unbranched alkanes of at least 4 members (excludes halogenated alkanes) is 3. The standard InChI is InChI=1S/C17H21NO2/c19-12-6-2-1-5-11-18-17(20)16-10-9-14-7-3-4-8-15(14)13-16/h3-4,7-10,13,19H,1-2,5-6,11-12H2,(H,18,20). The summed E-state index contributed by atoms with van der Waals surface area (Å²) in [6.07, 6.45) is 3.86. The Bertz CT molecular complexity index is 566. The highest BCUT2D eigenvalue weighted by Gasteiger charge is 2.05. The Morgan fingerprint density at radius 1 is 0.950 bits per heavy atom. The van der Waals surface area contributed by atoms with E-state index in [1.807, 2.05) is 42.5 Å². The van der Waals surface area contributed by atoms with E-state index < -0.39 is 0 Å². The molecule has 2 aromatic carbocycles. The number of benzene rings is 2. The minimum Gasteiger partial charge on any atom is -0.396 e. The largest absolute Gasteiger partial charge is 0.396 e. The van der Waals surface area contributed by atoms with Crippen molar-refractivity contribution >= 4 is 16.7 Å². The van der Waals surface area contributed by atoms with Crippen LogP contribution < -0.4 is 5.32 Å². The van der Waals surface area contributed by atoms with Crippen molar-refractivity contribution in [1.82, 2.24) is 5.32 Å². The molecule has 0 heterocycles. The molecule has 0 unspecified atom stereocenters. The highest BCUT2D eigenvalue weighted by atomic mass is 16.2. The molecule has 0 radical (unpaired) electrons. The zero-order valence-corrected chi connectivity index (χ0v) is 11.6. The van der Waals surface area contributed by atoms with Crippen molar-refractivity contribution < 1.29 is 9.90 Å². The van der Waals surface area contributed by atoms with Crippen molar-refractivity contribution in [3.05, 3.63) is 48.0 Å². The van der Waals surface area contributed by atoms with Gasteiger partial charge in [-0.25, -0.2) is 0 Å². The SMILES string of the molecule is O=C(NCCCCCCO)c1ccc2ccccc2c1. The van der Waals surface area contributed by atoms with E-state index in [9.17, 15) is 4.79 Å². The number of aliphatic hydroxyl groups excluding tert-OH is 1. The molecule has 0 saturated carbocycles. The molecule has 2 aromatic rings. The van der Waals surface area contributed by atoms with Gasteiger partial charge in [0.25, 0.3) is 5.91 Å². The molecule has 2 N–H and O–H groups in total. The van der Waals surface area contributed by atoms with E-state index >= 15 is 0 Å². The molecular weight excluding hydrogens is 250 g/mol. The van der Waals surface area contributed by atoms with Crippen LogP contribution in [0.4, 0.5) is 0 Å². The van der Waals surface area contributed by atoms with Crippen molar-refractivity contribution in [3.63, 3.8) is 0 Å². The van der Waals surface area contributed by atoms with Gasteiger partial charge in [-0.05, 0) is 35.7 Å². The van der Waals surface area contributed by atoms with E-state index in [2.05, 4.69) is 5.32 Å². The summed E-state index contributed by atoms with van der Waals surface area (Å²) in [7, 11) is 0. The number of carbonyl (C=O) groups is 1. The van der Waals surface area contributed by atoms with Crippen molar-refractivity contribution in [3.8, 4) is 0 Å². The topological polar surface area (TPSA) is 49.3 Å². The zero-order valence-electron chi connectivity index (χ0n) is 11.6. The molecule has 1 amide bonds.